The number of carbonyl (C=O) groups is 1. The number of amides is 1. The molecule has 0 radical (unpaired) electrons. The van der Waals surface area contributed by atoms with Gasteiger partial charge in [-0.2, -0.15) is 5.10 Å². The highest BCUT2D eigenvalue weighted by Crippen LogP contribution is 2.27. The number of benzene rings is 1. The number of hydrogen-bond acceptors (Lipinski definition) is 4. The zero-order valence-electron chi connectivity index (χ0n) is 16.7. The topological polar surface area (TPSA) is 73.4 Å². The van der Waals surface area contributed by atoms with Gasteiger partial charge >= 0.3 is 0 Å². The average molecular weight is 407 g/mol. The zero-order chi connectivity index (χ0) is 19.2. The van der Waals surface area contributed by atoms with Crippen molar-refractivity contribution in [1.29, 1.82) is 0 Å². The molecule has 1 aliphatic rings. The lowest BCUT2D eigenvalue weighted by Crippen LogP contribution is -2.46. The maximum atomic E-state index is 12.8. The molecule has 28 heavy (non-hydrogen) atoms. The third kappa shape index (κ3) is 5.56. The fourth-order valence-corrected chi connectivity index (χ4v) is 3.72. The first-order valence-corrected chi connectivity index (χ1v) is 9.79. The van der Waals surface area contributed by atoms with Crippen molar-refractivity contribution in [2.24, 2.45) is 11.7 Å². The lowest BCUT2D eigenvalue weighted by molar-refractivity contribution is -0.137. The average Bonchev–Trinajstić information content (AvgIpc) is 3.21. The van der Waals surface area contributed by atoms with E-state index < -0.39 is 0 Å². The summed E-state index contributed by atoms with van der Waals surface area (Å²) in [6.45, 7) is 3.43. The quantitative estimate of drug-likeness (QED) is 0.766. The monoisotopic (exact) mass is 406 g/mol. The molecule has 1 fully saturated rings. The molecule has 2 aromatic rings. The van der Waals surface area contributed by atoms with Crippen LogP contribution in [-0.2, 0) is 16.1 Å². The second-order valence-corrected chi connectivity index (χ2v) is 7.39. The molecule has 1 saturated carbocycles. The first-order chi connectivity index (χ1) is 13.1. The molecule has 1 heterocycles. The minimum Gasteiger partial charge on any atom is -0.377 e. The van der Waals surface area contributed by atoms with Crippen LogP contribution in [0.25, 0.3) is 5.69 Å². The molecule has 3 rings (SSSR count). The van der Waals surface area contributed by atoms with E-state index in [2.05, 4.69) is 12.0 Å². The van der Waals surface area contributed by atoms with Gasteiger partial charge in [-0.25, -0.2) is 4.68 Å². The molecule has 1 aromatic carbocycles. The van der Waals surface area contributed by atoms with Crippen LogP contribution in [0.2, 0.25) is 0 Å². The fraction of sp³-hybridized carbons (Fsp3) is 0.524. The van der Waals surface area contributed by atoms with Crippen LogP contribution in [0.5, 0.6) is 0 Å². The largest absolute Gasteiger partial charge is 0.377 e. The van der Waals surface area contributed by atoms with Crippen molar-refractivity contribution in [2.45, 2.75) is 51.3 Å². The van der Waals surface area contributed by atoms with Gasteiger partial charge in [0.1, 0.15) is 0 Å². The van der Waals surface area contributed by atoms with Crippen molar-refractivity contribution >= 4 is 18.3 Å². The molecule has 7 heteroatoms. The van der Waals surface area contributed by atoms with Gasteiger partial charge in [0, 0.05) is 44.6 Å². The van der Waals surface area contributed by atoms with E-state index in [-0.39, 0.29) is 36.4 Å². The summed E-state index contributed by atoms with van der Waals surface area (Å²) in [7, 11) is 1.87. The highest BCUT2D eigenvalue weighted by atomic mass is 35.5. The second-order valence-electron chi connectivity index (χ2n) is 7.39. The number of nitrogens with zero attached hydrogens (tertiary/aromatic N) is 3. The molecule has 1 amide bonds. The van der Waals surface area contributed by atoms with Crippen LogP contribution in [0.15, 0.2) is 42.7 Å². The van der Waals surface area contributed by atoms with Crippen molar-refractivity contribution in [2.75, 3.05) is 13.7 Å². The molecule has 1 aliphatic carbocycles. The summed E-state index contributed by atoms with van der Waals surface area (Å²) in [6.07, 6.45) is 7.17. The number of carbonyl (C=O) groups excluding carboxylic acids is 1. The summed E-state index contributed by atoms with van der Waals surface area (Å²) < 4.78 is 7.63. The predicted octanol–water partition coefficient (Wildman–Crippen LogP) is 3.18. The Morgan fingerprint density at radius 3 is 2.68 bits per heavy atom. The van der Waals surface area contributed by atoms with Crippen molar-refractivity contribution in [3.05, 3.63) is 48.3 Å². The summed E-state index contributed by atoms with van der Waals surface area (Å²) in [6, 6.07) is 9.97. The fourth-order valence-electron chi connectivity index (χ4n) is 3.72. The summed E-state index contributed by atoms with van der Waals surface area (Å²) >= 11 is 0. The third-order valence-corrected chi connectivity index (χ3v) is 5.22. The first kappa shape index (κ1) is 22.4. The van der Waals surface area contributed by atoms with E-state index in [4.69, 9.17) is 10.5 Å². The maximum absolute atomic E-state index is 12.8. The molecule has 0 spiro atoms. The smallest absolute Gasteiger partial charge is 0.225 e. The molecule has 3 atom stereocenters. The minimum atomic E-state index is -0.0546. The Morgan fingerprint density at radius 1 is 1.32 bits per heavy atom. The Labute approximate surface area is 173 Å². The summed E-state index contributed by atoms with van der Waals surface area (Å²) in [4.78, 5) is 14.7. The molecule has 1 aromatic heterocycles. The Kier molecular flexibility index (Phi) is 8.48. The van der Waals surface area contributed by atoms with Gasteiger partial charge in [-0.05, 0) is 49.4 Å². The van der Waals surface area contributed by atoms with Gasteiger partial charge in [0.25, 0.3) is 0 Å². The predicted molar refractivity (Wildman–Crippen MR) is 113 cm³/mol. The van der Waals surface area contributed by atoms with Gasteiger partial charge in [-0.3, -0.25) is 4.79 Å². The van der Waals surface area contributed by atoms with Crippen LogP contribution in [0.3, 0.4) is 0 Å². The Balaban J connectivity index is 0.00000280. The van der Waals surface area contributed by atoms with Gasteiger partial charge in [0.05, 0.1) is 11.8 Å². The summed E-state index contributed by atoms with van der Waals surface area (Å²) in [5.41, 5.74) is 8.37. The van der Waals surface area contributed by atoms with Gasteiger partial charge in [-0.1, -0.05) is 19.1 Å². The van der Waals surface area contributed by atoms with Crippen molar-refractivity contribution < 1.29 is 9.53 Å². The number of ether oxygens (including phenoxy) is 1. The highest BCUT2D eigenvalue weighted by molar-refractivity contribution is 5.85. The normalized spacial score (nSPS) is 21.8. The Morgan fingerprint density at radius 2 is 2.07 bits per heavy atom. The highest BCUT2D eigenvalue weighted by Gasteiger charge is 2.33. The van der Waals surface area contributed by atoms with Crippen LogP contribution < -0.4 is 5.73 Å². The van der Waals surface area contributed by atoms with E-state index in [1.54, 1.807) is 6.20 Å². The Bertz CT molecular complexity index is 721. The lowest BCUT2D eigenvalue weighted by Gasteiger charge is -2.34. The van der Waals surface area contributed by atoms with Crippen molar-refractivity contribution in [3.8, 4) is 5.69 Å². The standard InChI is InChI=1S/C21H30N4O2.ClH/c1-3-13-27-20-10-7-17(14-19(20)22)21(26)24(2)15-16-5-8-18(9-6-16)25-12-4-11-23-25;/h4-6,8-9,11-12,17,19-20H,3,7,10,13-15,22H2,1-2H3;1H/t17-,19+,20+;/m0./s1. The maximum Gasteiger partial charge on any atom is 0.225 e. The van der Waals surface area contributed by atoms with Crippen LogP contribution in [0, 0.1) is 5.92 Å². The number of aromatic nitrogens is 2. The second kappa shape index (κ2) is 10.6. The number of halogens is 1. The summed E-state index contributed by atoms with van der Waals surface area (Å²) in [5.74, 6) is 0.172. The number of hydrogen-bond donors (Lipinski definition) is 1. The molecule has 6 nitrogen and oxygen atoms in total. The van der Waals surface area contributed by atoms with E-state index >= 15 is 0 Å². The van der Waals surface area contributed by atoms with Crippen LogP contribution >= 0.6 is 12.4 Å². The SMILES string of the molecule is CCCO[C@@H]1CC[C@H](C(=O)N(C)Cc2ccc(-n3cccn3)cc2)C[C@H]1N.Cl. The minimum absolute atomic E-state index is 0. The van der Waals surface area contributed by atoms with Crippen LogP contribution in [0.1, 0.15) is 38.2 Å². The molecule has 0 bridgehead atoms. The zero-order valence-corrected chi connectivity index (χ0v) is 17.5. The number of nitrogens with two attached hydrogens (primary N) is 1. The molecule has 154 valence electrons. The Hall–Kier alpha value is -1.89. The van der Waals surface area contributed by atoms with Crippen LogP contribution in [-0.4, -0.2) is 46.4 Å². The van der Waals surface area contributed by atoms with E-state index in [0.29, 0.717) is 13.0 Å². The van der Waals surface area contributed by atoms with E-state index in [9.17, 15) is 4.79 Å². The molecule has 0 unspecified atom stereocenters. The molecule has 0 aliphatic heterocycles. The molecule has 0 saturated heterocycles. The molecular weight excluding hydrogens is 376 g/mol. The molecular formula is C21H31ClN4O2. The van der Waals surface area contributed by atoms with Crippen molar-refractivity contribution in [3.63, 3.8) is 0 Å². The van der Waals surface area contributed by atoms with Gasteiger partial charge < -0.3 is 15.4 Å². The number of rotatable bonds is 7. The van der Waals surface area contributed by atoms with Crippen molar-refractivity contribution in [1.82, 2.24) is 14.7 Å². The summed E-state index contributed by atoms with van der Waals surface area (Å²) in [5, 5.41) is 4.23. The first-order valence-electron chi connectivity index (χ1n) is 9.79. The van der Waals surface area contributed by atoms with Gasteiger partial charge in [-0.15, -0.1) is 12.4 Å². The molecule has 2 N–H and O–H groups in total. The third-order valence-electron chi connectivity index (χ3n) is 5.22. The van der Waals surface area contributed by atoms with Gasteiger partial charge in [0.2, 0.25) is 5.91 Å². The van der Waals surface area contributed by atoms with E-state index in [1.165, 1.54) is 0 Å². The van der Waals surface area contributed by atoms with Gasteiger partial charge in [0.15, 0.2) is 0 Å². The van der Waals surface area contributed by atoms with E-state index in [1.807, 2.05) is 53.2 Å². The lowest BCUT2D eigenvalue weighted by atomic mass is 9.83. The van der Waals surface area contributed by atoms with Crippen LogP contribution in [0.4, 0.5) is 0 Å². The van der Waals surface area contributed by atoms with E-state index in [0.717, 1.165) is 37.1 Å².